The molecule has 2 saturated heterocycles. The van der Waals surface area contributed by atoms with Crippen LogP contribution in [0.2, 0.25) is 0 Å². The smallest absolute Gasteiger partial charge is 0.324 e. The van der Waals surface area contributed by atoms with Gasteiger partial charge in [-0.1, -0.05) is 0 Å². The second-order valence-corrected chi connectivity index (χ2v) is 9.00. The summed E-state index contributed by atoms with van der Waals surface area (Å²) >= 11 is 0. The molecule has 0 aromatic rings. The summed E-state index contributed by atoms with van der Waals surface area (Å²) in [5.41, 5.74) is 0. The summed E-state index contributed by atoms with van der Waals surface area (Å²) in [6.45, 7) is -0.160. The van der Waals surface area contributed by atoms with E-state index in [0.717, 1.165) is 4.31 Å². The number of morpholine rings is 1. The van der Waals surface area contributed by atoms with Gasteiger partial charge in [-0.25, -0.2) is 16.8 Å². The van der Waals surface area contributed by atoms with Gasteiger partial charge < -0.3 is 9.84 Å². The van der Waals surface area contributed by atoms with Crippen LogP contribution < -0.4 is 0 Å². The Hall–Kier alpha value is -0.710. The van der Waals surface area contributed by atoms with Crippen LogP contribution in [0.15, 0.2) is 0 Å². The Bertz CT molecular complexity index is 567. The minimum Gasteiger partial charge on any atom is -0.480 e. The van der Waals surface area contributed by atoms with Gasteiger partial charge in [-0.15, -0.1) is 0 Å². The molecule has 19 heavy (non-hydrogen) atoms. The molecule has 2 unspecified atom stereocenters. The summed E-state index contributed by atoms with van der Waals surface area (Å²) in [5, 5.41) is 7.97. The van der Waals surface area contributed by atoms with Crippen LogP contribution in [0.5, 0.6) is 0 Å². The van der Waals surface area contributed by atoms with Crippen molar-refractivity contribution in [3.63, 3.8) is 0 Å². The Balaban J connectivity index is 2.25. The number of aliphatic carboxylic acids is 1. The average molecular weight is 313 g/mol. The molecule has 2 aliphatic rings. The second-order valence-electron chi connectivity index (χ2n) is 4.61. The molecule has 0 spiro atoms. The summed E-state index contributed by atoms with van der Waals surface area (Å²) in [5.74, 6) is -1.89. The zero-order valence-electron chi connectivity index (χ0n) is 10.1. The first-order valence-corrected chi connectivity index (χ1v) is 9.08. The molecule has 2 heterocycles. The van der Waals surface area contributed by atoms with Crippen molar-refractivity contribution in [2.24, 2.45) is 0 Å². The molecule has 2 fully saturated rings. The van der Waals surface area contributed by atoms with Gasteiger partial charge in [0.05, 0.1) is 30.0 Å². The normalized spacial score (nSPS) is 32.2. The van der Waals surface area contributed by atoms with Gasteiger partial charge in [-0.3, -0.25) is 4.79 Å². The number of nitrogens with zero attached hydrogens (tertiary/aromatic N) is 1. The molecule has 0 saturated carbocycles. The quantitative estimate of drug-likeness (QED) is 0.659. The van der Waals surface area contributed by atoms with Crippen molar-refractivity contribution in [3.8, 4) is 0 Å². The van der Waals surface area contributed by atoms with E-state index in [9.17, 15) is 21.6 Å². The van der Waals surface area contributed by atoms with Gasteiger partial charge in [0.25, 0.3) is 0 Å². The minimum atomic E-state index is -3.93. The highest BCUT2D eigenvalue weighted by atomic mass is 32.2. The molecule has 0 amide bonds. The zero-order valence-corrected chi connectivity index (χ0v) is 11.7. The molecule has 10 heteroatoms. The van der Waals surface area contributed by atoms with E-state index in [-0.39, 0.29) is 31.9 Å². The van der Waals surface area contributed by atoms with Crippen molar-refractivity contribution in [1.29, 1.82) is 0 Å². The molecule has 0 aromatic heterocycles. The Morgan fingerprint density at radius 1 is 1.37 bits per heavy atom. The summed E-state index contributed by atoms with van der Waals surface area (Å²) < 4.78 is 53.2. The van der Waals surface area contributed by atoms with Gasteiger partial charge in [0.2, 0.25) is 10.0 Å². The summed E-state index contributed by atoms with van der Waals surface area (Å²) in [7, 11) is -7.27. The maximum absolute atomic E-state index is 12.3. The fourth-order valence-corrected chi connectivity index (χ4v) is 6.91. The molecule has 2 aliphatic heterocycles. The number of sulfone groups is 1. The van der Waals surface area contributed by atoms with E-state index < -0.39 is 42.9 Å². The van der Waals surface area contributed by atoms with Gasteiger partial charge in [-0.2, -0.15) is 4.31 Å². The largest absolute Gasteiger partial charge is 0.480 e. The monoisotopic (exact) mass is 313 g/mol. The fraction of sp³-hybridized carbons (Fsp3) is 0.889. The van der Waals surface area contributed by atoms with Crippen LogP contribution in [0.4, 0.5) is 0 Å². The molecule has 110 valence electrons. The van der Waals surface area contributed by atoms with Crippen molar-refractivity contribution in [1.82, 2.24) is 4.31 Å². The summed E-state index contributed by atoms with van der Waals surface area (Å²) in [6, 6.07) is -1.28. The van der Waals surface area contributed by atoms with Crippen molar-refractivity contribution in [2.75, 3.05) is 31.3 Å². The maximum Gasteiger partial charge on any atom is 0.324 e. The van der Waals surface area contributed by atoms with Crippen LogP contribution >= 0.6 is 0 Å². The molecular formula is C9H15NO7S2. The lowest BCUT2D eigenvalue weighted by Crippen LogP contribution is -2.55. The number of carboxylic acid groups (broad SMARTS) is 1. The molecule has 0 bridgehead atoms. The highest BCUT2D eigenvalue weighted by molar-refractivity contribution is 7.95. The molecule has 1 N–H and O–H groups in total. The van der Waals surface area contributed by atoms with E-state index in [1.807, 2.05) is 0 Å². The van der Waals surface area contributed by atoms with E-state index in [1.165, 1.54) is 0 Å². The predicted molar refractivity (Wildman–Crippen MR) is 64.9 cm³/mol. The minimum absolute atomic E-state index is 0.0222. The number of hydrogen-bond acceptors (Lipinski definition) is 6. The highest BCUT2D eigenvalue weighted by Gasteiger charge is 2.45. The third-order valence-electron chi connectivity index (χ3n) is 3.30. The van der Waals surface area contributed by atoms with E-state index in [0.29, 0.717) is 0 Å². The molecular weight excluding hydrogens is 298 g/mol. The van der Waals surface area contributed by atoms with Crippen LogP contribution in [0.25, 0.3) is 0 Å². The Labute approximate surface area is 111 Å². The number of hydrogen-bond donors (Lipinski definition) is 1. The highest BCUT2D eigenvalue weighted by Crippen LogP contribution is 2.25. The maximum atomic E-state index is 12.3. The SMILES string of the molecule is O=C(O)C1COCCN1S(=O)(=O)C1CCS(=O)(=O)C1. The molecule has 0 aliphatic carbocycles. The Morgan fingerprint density at radius 2 is 2.05 bits per heavy atom. The summed E-state index contributed by atoms with van der Waals surface area (Å²) in [4.78, 5) is 11.0. The fourth-order valence-electron chi connectivity index (χ4n) is 2.27. The molecule has 0 radical (unpaired) electrons. The molecule has 2 atom stereocenters. The van der Waals surface area contributed by atoms with Gasteiger partial charge in [0.1, 0.15) is 6.04 Å². The van der Waals surface area contributed by atoms with Crippen LogP contribution in [0.3, 0.4) is 0 Å². The first kappa shape index (κ1) is 14.7. The van der Waals surface area contributed by atoms with Crippen molar-refractivity contribution in [3.05, 3.63) is 0 Å². The van der Waals surface area contributed by atoms with Crippen LogP contribution in [0.1, 0.15) is 6.42 Å². The van der Waals surface area contributed by atoms with Crippen LogP contribution in [0, 0.1) is 0 Å². The number of carbonyl (C=O) groups is 1. The first-order chi connectivity index (χ1) is 8.74. The zero-order chi connectivity index (χ0) is 14.3. The molecule has 2 rings (SSSR count). The Kier molecular flexibility index (Phi) is 3.87. The van der Waals surface area contributed by atoms with Gasteiger partial charge >= 0.3 is 5.97 Å². The van der Waals surface area contributed by atoms with Gasteiger partial charge in [-0.05, 0) is 6.42 Å². The lowest BCUT2D eigenvalue weighted by molar-refractivity contribution is -0.146. The first-order valence-electron chi connectivity index (χ1n) is 5.76. The third-order valence-corrected chi connectivity index (χ3v) is 7.62. The lowest BCUT2D eigenvalue weighted by Gasteiger charge is -2.33. The number of rotatable bonds is 3. The lowest BCUT2D eigenvalue weighted by atomic mass is 10.3. The third kappa shape index (κ3) is 2.91. The number of sulfonamides is 1. The Morgan fingerprint density at radius 3 is 2.58 bits per heavy atom. The van der Waals surface area contributed by atoms with E-state index in [2.05, 4.69) is 0 Å². The standard InChI is InChI=1S/C9H15NO7S2/c11-9(12)8-5-17-3-2-10(8)19(15,16)7-1-4-18(13,14)6-7/h7-8H,1-6H2,(H,11,12). The van der Waals surface area contributed by atoms with Crippen LogP contribution in [-0.2, 0) is 29.4 Å². The van der Waals surface area contributed by atoms with Gasteiger partial charge in [0, 0.05) is 6.54 Å². The van der Waals surface area contributed by atoms with E-state index >= 15 is 0 Å². The molecule has 8 nitrogen and oxygen atoms in total. The van der Waals surface area contributed by atoms with Crippen LogP contribution in [-0.4, -0.2) is 74.8 Å². The van der Waals surface area contributed by atoms with E-state index in [4.69, 9.17) is 9.84 Å². The number of carboxylic acids is 1. The summed E-state index contributed by atoms with van der Waals surface area (Å²) in [6.07, 6.45) is 0.0222. The topological polar surface area (TPSA) is 118 Å². The second kappa shape index (κ2) is 5.00. The molecule has 0 aromatic carbocycles. The number of ether oxygens (including phenoxy) is 1. The van der Waals surface area contributed by atoms with Crippen molar-refractivity contribution in [2.45, 2.75) is 17.7 Å². The predicted octanol–water partition coefficient (Wildman–Crippen LogP) is -1.71. The average Bonchev–Trinajstić information content (AvgIpc) is 2.70. The van der Waals surface area contributed by atoms with Gasteiger partial charge in [0.15, 0.2) is 9.84 Å². The van der Waals surface area contributed by atoms with Crippen molar-refractivity contribution < 1.29 is 31.5 Å². The van der Waals surface area contributed by atoms with Crippen molar-refractivity contribution >= 4 is 25.8 Å². The van der Waals surface area contributed by atoms with E-state index in [1.54, 1.807) is 0 Å².